The van der Waals surface area contributed by atoms with Crippen LogP contribution in [-0.2, 0) is 17.6 Å². The molecular formula is C24H27NO6. The zero-order valence-electron chi connectivity index (χ0n) is 18.2. The number of aromatic hydroxyl groups is 1. The van der Waals surface area contributed by atoms with Gasteiger partial charge in [0.1, 0.15) is 0 Å². The normalized spacial score (nSPS) is 14.5. The minimum Gasteiger partial charge on any atom is -0.504 e. The Kier molecular flexibility index (Phi) is 6.53. The van der Waals surface area contributed by atoms with Crippen molar-refractivity contribution in [3.8, 4) is 34.1 Å². The van der Waals surface area contributed by atoms with Crippen molar-refractivity contribution < 1.29 is 24.1 Å². The van der Waals surface area contributed by atoms with E-state index < -0.39 is 11.5 Å². The Bertz CT molecular complexity index is 1090. The van der Waals surface area contributed by atoms with Gasteiger partial charge in [0.25, 0.3) is 0 Å². The van der Waals surface area contributed by atoms with E-state index in [1.165, 1.54) is 27.2 Å². The molecule has 1 amide bonds. The maximum Gasteiger partial charge on any atom is 0.220 e. The van der Waals surface area contributed by atoms with Gasteiger partial charge in [-0.1, -0.05) is 6.08 Å². The number of rotatable bonds is 6. The van der Waals surface area contributed by atoms with Gasteiger partial charge in [0.15, 0.2) is 17.2 Å². The molecule has 1 atom stereocenters. The highest BCUT2D eigenvalue weighted by molar-refractivity contribution is 5.84. The molecule has 0 spiro atoms. The van der Waals surface area contributed by atoms with Crippen LogP contribution in [0.1, 0.15) is 36.1 Å². The summed E-state index contributed by atoms with van der Waals surface area (Å²) in [5, 5.41) is 13.7. The van der Waals surface area contributed by atoms with Crippen LogP contribution in [0.5, 0.6) is 23.0 Å². The summed E-state index contributed by atoms with van der Waals surface area (Å²) < 4.78 is 16.8. The van der Waals surface area contributed by atoms with Crippen LogP contribution in [-0.4, -0.2) is 32.3 Å². The molecule has 7 nitrogen and oxygen atoms in total. The van der Waals surface area contributed by atoms with Crippen LogP contribution in [0.25, 0.3) is 11.1 Å². The lowest BCUT2D eigenvalue weighted by Crippen LogP contribution is -2.27. The van der Waals surface area contributed by atoms with E-state index in [-0.39, 0.29) is 18.1 Å². The molecule has 0 saturated heterocycles. The monoisotopic (exact) mass is 425 g/mol. The number of benzene rings is 1. The summed E-state index contributed by atoms with van der Waals surface area (Å²) >= 11 is 0. The minimum atomic E-state index is -0.507. The molecule has 2 aromatic rings. The summed E-state index contributed by atoms with van der Waals surface area (Å²) in [6.07, 6.45) is 3.05. The molecule has 0 saturated carbocycles. The maximum absolute atomic E-state index is 12.5. The SMILES string of the molecule is C=CCc1c2c(ccc(=O)c1O)-c1c(cc(OC)c(OC)c1OC)CCC2NC(C)=O. The maximum atomic E-state index is 12.5. The second-order valence-electron chi connectivity index (χ2n) is 7.32. The van der Waals surface area contributed by atoms with Crippen LogP contribution in [0.4, 0.5) is 0 Å². The first kappa shape index (κ1) is 22.2. The lowest BCUT2D eigenvalue weighted by Gasteiger charge is -2.22. The minimum absolute atomic E-state index is 0.207. The van der Waals surface area contributed by atoms with E-state index in [2.05, 4.69) is 11.9 Å². The fraction of sp³-hybridized carbons (Fsp3) is 0.333. The number of aryl methyl sites for hydroxylation is 1. The lowest BCUT2D eigenvalue weighted by atomic mass is 9.91. The van der Waals surface area contributed by atoms with Crippen molar-refractivity contribution in [2.45, 2.75) is 32.2 Å². The van der Waals surface area contributed by atoms with Gasteiger partial charge in [-0.15, -0.1) is 6.58 Å². The number of carbonyl (C=O) groups is 1. The molecule has 0 heterocycles. The smallest absolute Gasteiger partial charge is 0.220 e. The number of allylic oxidation sites excluding steroid dienone is 1. The number of amides is 1. The molecule has 0 aromatic heterocycles. The molecule has 1 aliphatic carbocycles. The molecule has 0 aliphatic heterocycles. The van der Waals surface area contributed by atoms with Crippen LogP contribution in [0.15, 0.2) is 35.6 Å². The molecule has 3 rings (SSSR count). The largest absolute Gasteiger partial charge is 0.504 e. The van der Waals surface area contributed by atoms with E-state index in [1.807, 2.05) is 6.07 Å². The Morgan fingerprint density at radius 3 is 2.52 bits per heavy atom. The molecule has 31 heavy (non-hydrogen) atoms. The molecule has 2 N–H and O–H groups in total. The van der Waals surface area contributed by atoms with Gasteiger partial charge in [-0.05, 0) is 54.2 Å². The molecule has 0 fully saturated rings. The highest BCUT2D eigenvalue weighted by Gasteiger charge is 2.31. The van der Waals surface area contributed by atoms with Gasteiger partial charge in [0.05, 0.1) is 27.4 Å². The van der Waals surface area contributed by atoms with Gasteiger partial charge < -0.3 is 24.6 Å². The van der Waals surface area contributed by atoms with E-state index in [9.17, 15) is 14.7 Å². The average molecular weight is 425 g/mol. The molecule has 164 valence electrons. The molecule has 1 unspecified atom stereocenters. The van der Waals surface area contributed by atoms with Crippen molar-refractivity contribution in [2.24, 2.45) is 0 Å². The zero-order chi connectivity index (χ0) is 22.7. The molecule has 0 bridgehead atoms. The fourth-order valence-corrected chi connectivity index (χ4v) is 4.27. The van der Waals surface area contributed by atoms with Gasteiger partial charge in [-0.2, -0.15) is 0 Å². The number of hydrogen-bond donors (Lipinski definition) is 2. The van der Waals surface area contributed by atoms with Crippen molar-refractivity contribution in [2.75, 3.05) is 21.3 Å². The molecule has 0 radical (unpaired) electrons. The van der Waals surface area contributed by atoms with E-state index in [0.29, 0.717) is 46.8 Å². The van der Waals surface area contributed by atoms with Gasteiger partial charge >= 0.3 is 0 Å². The third-order valence-electron chi connectivity index (χ3n) is 5.49. The van der Waals surface area contributed by atoms with Crippen LogP contribution in [0.2, 0.25) is 0 Å². The summed E-state index contributed by atoms with van der Waals surface area (Å²) in [5.41, 5.74) is 2.93. The van der Waals surface area contributed by atoms with Crippen LogP contribution in [0.3, 0.4) is 0 Å². The first-order valence-electron chi connectivity index (χ1n) is 9.97. The summed E-state index contributed by atoms with van der Waals surface area (Å²) in [5.74, 6) is 0.859. The standard InChI is InChI=1S/C24H27NO6/c1-6-7-16-21-15(9-11-18(27)22(16)28)20-14(8-10-17(21)25-13(2)26)12-19(29-3)23(30-4)24(20)31-5/h6,9,11-12,17H,1,7-8,10H2,2-5H3,(H,25,26)(H,27,28). The number of methoxy groups -OCH3 is 3. The van der Waals surface area contributed by atoms with E-state index in [0.717, 1.165) is 11.1 Å². The predicted molar refractivity (Wildman–Crippen MR) is 118 cm³/mol. The van der Waals surface area contributed by atoms with Crippen LogP contribution < -0.4 is 25.0 Å². The summed E-state index contributed by atoms with van der Waals surface area (Å²) in [6.45, 7) is 5.22. The first-order chi connectivity index (χ1) is 14.9. The Hall–Kier alpha value is -3.48. The Morgan fingerprint density at radius 2 is 1.94 bits per heavy atom. The van der Waals surface area contributed by atoms with Crippen molar-refractivity contribution >= 4 is 5.91 Å². The second kappa shape index (κ2) is 9.12. The first-order valence-corrected chi connectivity index (χ1v) is 9.97. The highest BCUT2D eigenvalue weighted by Crippen LogP contribution is 2.51. The molecule has 1 aliphatic rings. The van der Waals surface area contributed by atoms with Gasteiger partial charge in [-0.25, -0.2) is 0 Å². The fourth-order valence-electron chi connectivity index (χ4n) is 4.27. The van der Waals surface area contributed by atoms with Crippen molar-refractivity contribution in [1.82, 2.24) is 5.32 Å². The van der Waals surface area contributed by atoms with E-state index in [1.54, 1.807) is 19.3 Å². The Labute approximate surface area is 181 Å². The zero-order valence-corrected chi connectivity index (χ0v) is 18.2. The van der Waals surface area contributed by atoms with Gasteiger partial charge in [-0.3, -0.25) is 9.59 Å². The van der Waals surface area contributed by atoms with Crippen LogP contribution in [0, 0.1) is 0 Å². The second-order valence-corrected chi connectivity index (χ2v) is 7.32. The van der Waals surface area contributed by atoms with E-state index in [4.69, 9.17) is 14.2 Å². The van der Waals surface area contributed by atoms with Gasteiger partial charge in [0, 0.05) is 18.1 Å². The predicted octanol–water partition coefficient (Wildman–Crippen LogP) is 3.30. The topological polar surface area (TPSA) is 94.1 Å². The van der Waals surface area contributed by atoms with Crippen molar-refractivity contribution in [3.63, 3.8) is 0 Å². The highest BCUT2D eigenvalue weighted by atomic mass is 16.5. The lowest BCUT2D eigenvalue weighted by molar-refractivity contribution is -0.119. The number of nitrogens with one attached hydrogen (secondary N) is 1. The van der Waals surface area contributed by atoms with Crippen molar-refractivity contribution in [1.29, 1.82) is 0 Å². The number of fused-ring (bicyclic) bond motifs is 3. The molecule has 7 heteroatoms. The molecular weight excluding hydrogens is 398 g/mol. The quantitative estimate of drug-likeness (QED) is 0.690. The average Bonchev–Trinajstić information content (AvgIpc) is 2.97. The number of hydrogen-bond acceptors (Lipinski definition) is 6. The van der Waals surface area contributed by atoms with Crippen LogP contribution >= 0.6 is 0 Å². The van der Waals surface area contributed by atoms with E-state index >= 15 is 0 Å². The third-order valence-corrected chi connectivity index (χ3v) is 5.49. The number of carbonyl (C=O) groups excluding carboxylic acids is 1. The van der Waals surface area contributed by atoms with Gasteiger partial charge in [0.2, 0.25) is 17.1 Å². The summed E-state index contributed by atoms with van der Waals surface area (Å²) in [7, 11) is 4.62. The Morgan fingerprint density at radius 1 is 1.23 bits per heavy atom. The number of ether oxygens (including phenoxy) is 3. The third kappa shape index (κ3) is 3.95. The Balaban J connectivity index is 2.52. The summed E-state index contributed by atoms with van der Waals surface area (Å²) in [6, 6.07) is 4.46. The molecule has 2 aromatic carbocycles. The van der Waals surface area contributed by atoms with Crippen molar-refractivity contribution in [3.05, 3.63) is 57.8 Å². The summed E-state index contributed by atoms with van der Waals surface area (Å²) in [4.78, 5) is 24.5.